The SMILES string of the molecule is COCCNC(=O)CCNc1ccc(F)cc1C#N. The average Bonchev–Trinajstić information content (AvgIpc) is 2.40. The molecule has 6 heteroatoms. The number of rotatable bonds is 7. The average molecular weight is 265 g/mol. The van der Waals surface area contributed by atoms with Crippen molar-refractivity contribution < 1.29 is 13.9 Å². The maximum Gasteiger partial charge on any atom is 0.221 e. The number of benzene rings is 1. The fraction of sp³-hybridized carbons (Fsp3) is 0.385. The number of ether oxygens (including phenoxy) is 1. The summed E-state index contributed by atoms with van der Waals surface area (Å²) in [6, 6.07) is 5.80. The Morgan fingerprint density at radius 3 is 2.95 bits per heavy atom. The minimum Gasteiger partial charge on any atom is -0.383 e. The van der Waals surface area contributed by atoms with E-state index in [1.807, 2.05) is 6.07 Å². The largest absolute Gasteiger partial charge is 0.383 e. The third-order valence-corrected chi connectivity index (χ3v) is 2.40. The van der Waals surface area contributed by atoms with Crippen LogP contribution in [0.4, 0.5) is 10.1 Å². The molecule has 1 amide bonds. The third-order valence-electron chi connectivity index (χ3n) is 2.40. The number of carbonyl (C=O) groups is 1. The molecule has 0 fully saturated rings. The predicted molar refractivity (Wildman–Crippen MR) is 69.1 cm³/mol. The second kappa shape index (κ2) is 8.06. The molecule has 0 heterocycles. The zero-order chi connectivity index (χ0) is 14.1. The molecule has 5 nitrogen and oxygen atoms in total. The number of nitrogens with zero attached hydrogens (tertiary/aromatic N) is 1. The van der Waals surface area contributed by atoms with E-state index in [2.05, 4.69) is 10.6 Å². The maximum absolute atomic E-state index is 12.9. The Balaban J connectivity index is 2.37. The van der Waals surface area contributed by atoms with Crippen molar-refractivity contribution in [3.8, 4) is 6.07 Å². The summed E-state index contributed by atoms with van der Waals surface area (Å²) in [6.45, 7) is 1.31. The van der Waals surface area contributed by atoms with Crippen molar-refractivity contribution in [2.24, 2.45) is 0 Å². The van der Waals surface area contributed by atoms with Crippen LogP contribution in [0.3, 0.4) is 0 Å². The summed E-state index contributed by atoms with van der Waals surface area (Å²) in [5.41, 5.74) is 0.744. The molecule has 0 saturated heterocycles. The van der Waals surface area contributed by atoms with E-state index in [0.717, 1.165) is 6.07 Å². The second-order valence-electron chi connectivity index (χ2n) is 3.82. The third kappa shape index (κ3) is 5.36. The minimum atomic E-state index is -0.459. The molecule has 1 aromatic carbocycles. The van der Waals surface area contributed by atoms with Gasteiger partial charge >= 0.3 is 0 Å². The van der Waals surface area contributed by atoms with E-state index >= 15 is 0 Å². The standard InChI is InChI=1S/C13H16FN3O2/c1-19-7-6-17-13(18)4-5-16-12-3-2-11(14)8-10(12)9-15/h2-3,8,16H,4-7H2,1H3,(H,17,18). The molecule has 0 aliphatic heterocycles. The van der Waals surface area contributed by atoms with E-state index in [4.69, 9.17) is 10.00 Å². The first-order chi connectivity index (χ1) is 9.17. The topological polar surface area (TPSA) is 74.2 Å². The van der Waals surface area contributed by atoms with Gasteiger partial charge in [0, 0.05) is 26.6 Å². The molecule has 1 aromatic rings. The van der Waals surface area contributed by atoms with Crippen LogP contribution in [-0.2, 0) is 9.53 Å². The van der Waals surface area contributed by atoms with E-state index in [1.54, 1.807) is 7.11 Å². The number of halogens is 1. The molecule has 0 bridgehead atoms. The summed E-state index contributed by atoms with van der Waals surface area (Å²) in [6.07, 6.45) is 0.270. The minimum absolute atomic E-state index is 0.106. The molecular weight excluding hydrogens is 249 g/mol. The van der Waals surface area contributed by atoms with Crippen molar-refractivity contribution in [3.63, 3.8) is 0 Å². The van der Waals surface area contributed by atoms with E-state index < -0.39 is 5.82 Å². The first-order valence-electron chi connectivity index (χ1n) is 5.86. The number of nitrogens with one attached hydrogen (secondary N) is 2. The Bertz CT molecular complexity index is 471. The number of hydrogen-bond donors (Lipinski definition) is 2. The van der Waals surface area contributed by atoms with Crippen LogP contribution in [-0.4, -0.2) is 32.7 Å². The van der Waals surface area contributed by atoms with Crippen LogP contribution in [0.5, 0.6) is 0 Å². The lowest BCUT2D eigenvalue weighted by molar-refractivity contribution is -0.121. The number of anilines is 1. The molecule has 0 aromatic heterocycles. The van der Waals surface area contributed by atoms with Crippen molar-refractivity contribution >= 4 is 11.6 Å². The van der Waals surface area contributed by atoms with Crippen LogP contribution in [0.1, 0.15) is 12.0 Å². The zero-order valence-electron chi connectivity index (χ0n) is 10.7. The Labute approximate surface area is 111 Å². The van der Waals surface area contributed by atoms with Crippen LogP contribution in [0.25, 0.3) is 0 Å². The number of carbonyl (C=O) groups excluding carboxylic acids is 1. The van der Waals surface area contributed by atoms with Gasteiger partial charge in [-0.2, -0.15) is 5.26 Å². The molecule has 102 valence electrons. The van der Waals surface area contributed by atoms with E-state index in [0.29, 0.717) is 25.4 Å². The Hall–Kier alpha value is -2.13. The Kier molecular flexibility index (Phi) is 6.33. The smallest absolute Gasteiger partial charge is 0.221 e. The van der Waals surface area contributed by atoms with Crippen LogP contribution in [0, 0.1) is 17.1 Å². The first kappa shape index (κ1) is 14.9. The lowest BCUT2D eigenvalue weighted by atomic mass is 10.2. The summed E-state index contributed by atoms with van der Waals surface area (Å²) >= 11 is 0. The summed E-state index contributed by atoms with van der Waals surface area (Å²) in [5.74, 6) is -0.565. The van der Waals surface area contributed by atoms with Gasteiger partial charge in [-0.3, -0.25) is 4.79 Å². The molecule has 19 heavy (non-hydrogen) atoms. The highest BCUT2D eigenvalue weighted by molar-refractivity contribution is 5.76. The molecule has 1 rings (SSSR count). The van der Waals surface area contributed by atoms with E-state index in [-0.39, 0.29) is 17.9 Å². The first-order valence-corrected chi connectivity index (χ1v) is 5.86. The van der Waals surface area contributed by atoms with Crippen molar-refractivity contribution in [1.29, 1.82) is 5.26 Å². The number of nitriles is 1. The van der Waals surface area contributed by atoms with E-state index in [9.17, 15) is 9.18 Å². The van der Waals surface area contributed by atoms with Gasteiger partial charge < -0.3 is 15.4 Å². The molecule has 0 unspecified atom stereocenters. The fourth-order valence-corrected chi connectivity index (χ4v) is 1.45. The summed E-state index contributed by atoms with van der Waals surface area (Å²) < 4.78 is 17.7. The van der Waals surface area contributed by atoms with E-state index in [1.165, 1.54) is 12.1 Å². The van der Waals surface area contributed by atoms with Crippen molar-refractivity contribution in [2.45, 2.75) is 6.42 Å². The lowest BCUT2D eigenvalue weighted by Gasteiger charge is -2.08. The highest BCUT2D eigenvalue weighted by Gasteiger charge is 2.04. The van der Waals surface area contributed by atoms with Crippen LogP contribution in [0.15, 0.2) is 18.2 Å². The monoisotopic (exact) mass is 265 g/mol. The van der Waals surface area contributed by atoms with Gasteiger partial charge in [0.05, 0.1) is 17.9 Å². The van der Waals surface area contributed by atoms with Gasteiger partial charge in [-0.1, -0.05) is 0 Å². The summed E-state index contributed by atoms with van der Waals surface area (Å²) in [7, 11) is 1.56. The van der Waals surface area contributed by atoms with Gasteiger partial charge in [-0.25, -0.2) is 4.39 Å². The van der Waals surface area contributed by atoms with Gasteiger partial charge in [0.2, 0.25) is 5.91 Å². The van der Waals surface area contributed by atoms with Crippen molar-refractivity contribution in [1.82, 2.24) is 5.32 Å². The van der Waals surface area contributed by atoms with Crippen LogP contribution in [0.2, 0.25) is 0 Å². The molecule has 0 saturated carbocycles. The quantitative estimate of drug-likeness (QED) is 0.728. The maximum atomic E-state index is 12.9. The summed E-state index contributed by atoms with van der Waals surface area (Å²) in [5, 5.41) is 14.5. The number of methoxy groups -OCH3 is 1. The second-order valence-corrected chi connectivity index (χ2v) is 3.82. The van der Waals surface area contributed by atoms with Gasteiger partial charge in [0.15, 0.2) is 0 Å². The van der Waals surface area contributed by atoms with Gasteiger partial charge in [0.25, 0.3) is 0 Å². The summed E-state index contributed by atoms with van der Waals surface area (Å²) in [4.78, 5) is 11.4. The highest BCUT2D eigenvalue weighted by Crippen LogP contribution is 2.15. The van der Waals surface area contributed by atoms with Crippen LogP contribution >= 0.6 is 0 Å². The predicted octanol–water partition coefficient (Wildman–Crippen LogP) is 1.26. The fourth-order valence-electron chi connectivity index (χ4n) is 1.45. The molecule has 0 spiro atoms. The van der Waals surface area contributed by atoms with Gasteiger partial charge in [-0.15, -0.1) is 0 Å². The molecule has 0 aliphatic rings. The molecule has 2 N–H and O–H groups in total. The van der Waals surface area contributed by atoms with Crippen LogP contribution < -0.4 is 10.6 Å². The molecule has 0 atom stereocenters. The molecular formula is C13H16FN3O2. The number of hydrogen-bond acceptors (Lipinski definition) is 4. The van der Waals surface area contributed by atoms with Crippen molar-refractivity contribution in [2.75, 3.05) is 32.1 Å². The van der Waals surface area contributed by atoms with Gasteiger partial charge in [-0.05, 0) is 18.2 Å². The molecule has 0 aliphatic carbocycles. The Morgan fingerprint density at radius 1 is 1.47 bits per heavy atom. The highest BCUT2D eigenvalue weighted by atomic mass is 19.1. The Morgan fingerprint density at radius 2 is 2.26 bits per heavy atom. The normalized spacial score (nSPS) is 9.74. The van der Waals surface area contributed by atoms with Gasteiger partial charge in [0.1, 0.15) is 11.9 Å². The number of amides is 1. The lowest BCUT2D eigenvalue weighted by Crippen LogP contribution is -2.28. The molecule has 0 radical (unpaired) electrons. The zero-order valence-corrected chi connectivity index (χ0v) is 10.7. The van der Waals surface area contributed by atoms with Crippen molar-refractivity contribution in [3.05, 3.63) is 29.6 Å².